The van der Waals surface area contributed by atoms with Crippen LogP contribution < -0.4 is 0 Å². The van der Waals surface area contributed by atoms with E-state index in [1.165, 1.54) is 30.1 Å². The largest absolute Gasteiger partial charge is 0.294 e. The van der Waals surface area contributed by atoms with E-state index in [1.807, 2.05) is 0 Å². The molecule has 2 aromatic rings. The minimum atomic E-state index is -0.482. The van der Waals surface area contributed by atoms with Crippen molar-refractivity contribution >= 4 is 11.5 Å². The number of carbonyl (C=O) groups is 1. The molecule has 6 heteroatoms. The Morgan fingerprint density at radius 2 is 2.12 bits per heavy atom. The molecule has 0 N–H and O–H groups in total. The van der Waals surface area contributed by atoms with Crippen LogP contribution in [0.15, 0.2) is 36.7 Å². The van der Waals surface area contributed by atoms with Crippen LogP contribution in [0.3, 0.4) is 0 Å². The smallest absolute Gasteiger partial charge is 0.294 e. The molecule has 1 aromatic heterocycles. The third-order valence-electron chi connectivity index (χ3n) is 2.31. The molecule has 0 amide bonds. The summed E-state index contributed by atoms with van der Waals surface area (Å²) < 4.78 is 1.33. The highest BCUT2D eigenvalue weighted by atomic mass is 16.6. The first-order valence-electron chi connectivity index (χ1n) is 4.89. The fourth-order valence-corrected chi connectivity index (χ4v) is 1.45. The predicted octanol–water partition coefficient (Wildman–Crippen LogP) is 1.98. The van der Waals surface area contributed by atoms with Crippen molar-refractivity contribution in [3.05, 3.63) is 52.3 Å². The summed E-state index contributed by atoms with van der Waals surface area (Å²) in [5.74, 6) is -0.130. The Bertz CT molecular complexity index is 589. The molecule has 0 spiro atoms. The maximum Gasteiger partial charge on any atom is 0.294 e. The molecule has 0 unspecified atom stereocenters. The van der Waals surface area contributed by atoms with E-state index in [2.05, 4.69) is 5.10 Å². The monoisotopic (exact) mass is 231 g/mol. The quantitative estimate of drug-likeness (QED) is 0.459. The standard InChI is InChI=1S/C11H9N3O3/c1-8(15)9-6-12-13(7-9)10-4-2-3-5-11(10)14(16)17/h2-7H,1H3. The Morgan fingerprint density at radius 1 is 1.41 bits per heavy atom. The summed E-state index contributed by atoms with van der Waals surface area (Å²) in [6.07, 6.45) is 2.86. The maximum atomic E-state index is 11.1. The third kappa shape index (κ3) is 2.05. The number of Topliss-reactive ketones (excluding diaryl/α,β-unsaturated/α-hetero) is 1. The molecule has 0 aliphatic heterocycles. The van der Waals surface area contributed by atoms with Crippen LogP contribution in [-0.2, 0) is 0 Å². The van der Waals surface area contributed by atoms with Crippen molar-refractivity contribution in [2.24, 2.45) is 0 Å². The fourth-order valence-electron chi connectivity index (χ4n) is 1.45. The highest BCUT2D eigenvalue weighted by molar-refractivity contribution is 5.93. The second-order valence-electron chi connectivity index (χ2n) is 3.48. The van der Waals surface area contributed by atoms with Gasteiger partial charge in [0.15, 0.2) is 5.78 Å². The molecule has 17 heavy (non-hydrogen) atoms. The molecule has 0 aliphatic rings. The van der Waals surface area contributed by atoms with E-state index in [1.54, 1.807) is 18.2 Å². The van der Waals surface area contributed by atoms with Crippen molar-refractivity contribution in [2.75, 3.05) is 0 Å². The van der Waals surface area contributed by atoms with Crippen molar-refractivity contribution in [3.8, 4) is 5.69 Å². The minimum absolute atomic E-state index is 0.0503. The molecular formula is C11H9N3O3. The van der Waals surface area contributed by atoms with Gasteiger partial charge in [-0.2, -0.15) is 5.10 Å². The van der Waals surface area contributed by atoms with Crippen molar-refractivity contribution in [3.63, 3.8) is 0 Å². The number of para-hydroxylation sites is 2. The van der Waals surface area contributed by atoms with E-state index < -0.39 is 4.92 Å². The first-order chi connectivity index (χ1) is 8.09. The zero-order chi connectivity index (χ0) is 12.4. The summed E-state index contributed by atoms with van der Waals surface area (Å²) in [4.78, 5) is 21.5. The van der Waals surface area contributed by atoms with Crippen molar-refractivity contribution < 1.29 is 9.72 Å². The molecule has 2 rings (SSSR count). The van der Waals surface area contributed by atoms with Gasteiger partial charge in [-0.05, 0) is 13.0 Å². The Labute approximate surface area is 96.6 Å². The number of nitrogens with zero attached hydrogens (tertiary/aromatic N) is 3. The van der Waals surface area contributed by atoms with Gasteiger partial charge in [0.25, 0.3) is 5.69 Å². The topological polar surface area (TPSA) is 78.0 Å². The Balaban J connectivity index is 2.52. The first kappa shape index (κ1) is 11.0. The van der Waals surface area contributed by atoms with Crippen LogP contribution in [0.1, 0.15) is 17.3 Å². The van der Waals surface area contributed by atoms with Crippen molar-refractivity contribution in [2.45, 2.75) is 6.92 Å². The van der Waals surface area contributed by atoms with Gasteiger partial charge < -0.3 is 0 Å². The van der Waals surface area contributed by atoms with E-state index in [0.717, 1.165) is 0 Å². The summed E-state index contributed by atoms with van der Waals surface area (Å²) in [5, 5.41) is 14.8. The molecule has 86 valence electrons. The molecule has 0 saturated heterocycles. The number of hydrogen-bond acceptors (Lipinski definition) is 4. The van der Waals surface area contributed by atoms with E-state index in [4.69, 9.17) is 0 Å². The zero-order valence-corrected chi connectivity index (χ0v) is 9.03. The third-order valence-corrected chi connectivity index (χ3v) is 2.31. The number of ketones is 1. The molecule has 6 nitrogen and oxygen atoms in total. The van der Waals surface area contributed by atoms with Gasteiger partial charge >= 0.3 is 0 Å². The number of carbonyl (C=O) groups excluding carboxylic acids is 1. The van der Waals surface area contributed by atoms with Gasteiger partial charge in [-0.15, -0.1) is 0 Å². The minimum Gasteiger partial charge on any atom is -0.294 e. The molecule has 0 radical (unpaired) electrons. The maximum absolute atomic E-state index is 11.1. The van der Waals surface area contributed by atoms with E-state index in [9.17, 15) is 14.9 Å². The van der Waals surface area contributed by atoms with Crippen LogP contribution in [0.4, 0.5) is 5.69 Å². The van der Waals surface area contributed by atoms with Crippen molar-refractivity contribution in [1.82, 2.24) is 9.78 Å². The Morgan fingerprint density at radius 3 is 2.71 bits per heavy atom. The summed E-state index contributed by atoms with van der Waals surface area (Å²) in [6, 6.07) is 6.23. The number of aromatic nitrogens is 2. The number of hydrogen-bond donors (Lipinski definition) is 0. The van der Waals surface area contributed by atoms with Gasteiger partial charge in [-0.3, -0.25) is 14.9 Å². The lowest BCUT2D eigenvalue weighted by molar-refractivity contribution is -0.384. The Kier molecular flexibility index (Phi) is 2.70. The molecule has 0 saturated carbocycles. The van der Waals surface area contributed by atoms with Gasteiger partial charge in [0.2, 0.25) is 0 Å². The number of rotatable bonds is 3. The molecule has 0 bridgehead atoms. The van der Waals surface area contributed by atoms with Gasteiger partial charge in [-0.1, -0.05) is 12.1 Å². The van der Waals surface area contributed by atoms with Gasteiger partial charge in [0, 0.05) is 12.3 Å². The lowest BCUT2D eigenvalue weighted by Gasteiger charge is -2.01. The second kappa shape index (κ2) is 4.17. The summed E-state index contributed by atoms with van der Waals surface area (Å²) in [7, 11) is 0. The highest BCUT2D eigenvalue weighted by Crippen LogP contribution is 2.21. The molecule has 0 aliphatic carbocycles. The van der Waals surface area contributed by atoms with E-state index in [0.29, 0.717) is 11.3 Å². The first-order valence-corrected chi connectivity index (χ1v) is 4.89. The summed E-state index contributed by atoms with van der Waals surface area (Å²) >= 11 is 0. The van der Waals surface area contributed by atoms with Crippen LogP contribution in [0, 0.1) is 10.1 Å². The highest BCUT2D eigenvalue weighted by Gasteiger charge is 2.15. The molecule has 1 aromatic carbocycles. The average Bonchev–Trinajstić information content (AvgIpc) is 2.78. The second-order valence-corrected chi connectivity index (χ2v) is 3.48. The normalized spacial score (nSPS) is 10.2. The van der Waals surface area contributed by atoms with Crippen LogP contribution in [0.2, 0.25) is 0 Å². The Hall–Kier alpha value is -2.50. The number of benzene rings is 1. The summed E-state index contributed by atoms with van der Waals surface area (Å²) in [6.45, 7) is 1.42. The van der Waals surface area contributed by atoms with E-state index in [-0.39, 0.29) is 11.5 Å². The van der Waals surface area contributed by atoms with Crippen LogP contribution in [-0.4, -0.2) is 20.5 Å². The molecular weight excluding hydrogens is 222 g/mol. The SMILES string of the molecule is CC(=O)c1cnn(-c2ccccc2[N+](=O)[O-])c1. The van der Waals surface area contributed by atoms with E-state index >= 15 is 0 Å². The lowest BCUT2D eigenvalue weighted by atomic mass is 10.2. The number of nitro benzene ring substituents is 1. The van der Waals surface area contributed by atoms with Gasteiger partial charge in [0.05, 0.1) is 16.7 Å². The average molecular weight is 231 g/mol. The van der Waals surface area contributed by atoms with Crippen LogP contribution >= 0.6 is 0 Å². The molecule has 1 heterocycles. The van der Waals surface area contributed by atoms with Gasteiger partial charge in [-0.25, -0.2) is 4.68 Å². The summed E-state index contributed by atoms with van der Waals surface area (Å²) in [5.41, 5.74) is 0.707. The van der Waals surface area contributed by atoms with Crippen molar-refractivity contribution in [1.29, 1.82) is 0 Å². The number of nitro groups is 1. The zero-order valence-electron chi connectivity index (χ0n) is 9.03. The predicted molar refractivity (Wildman–Crippen MR) is 60.2 cm³/mol. The van der Waals surface area contributed by atoms with Gasteiger partial charge in [0.1, 0.15) is 5.69 Å². The fraction of sp³-hybridized carbons (Fsp3) is 0.0909. The lowest BCUT2D eigenvalue weighted by Crippen LogP contribution is -2.00. The molecule has 0 atom stereocenters. The van der Waals surface area contributed by atoms with Crippen LogP contribution in [0.25, 0.3) is 5.69 Å². The van der Waals surface area contributed by atoms with Crippen LogP contribution in [0.5, 0.6) is 0 Å². The molecule has 0 fully saturated rings.